The molecule has 3 heterocycles. The van der Waals surface area contributed by atoms with Crippen molar-refractivity contribution >= 4 is 17.5 Å². The number of benzene rings is 1. The number of aromatic nitrogens is 3. The summed E-state index contributed by atoms with van der Waals surface area (Å²) >= 11 is 6.04. The normalized spacial score (nSPS) is 17.1. The molecule has 1 amide bonds. The quantitative estimate of drug-likeness (QED) is 0.687. The monoisotopic (exact) mass is 382 g/mol. The molecule has 1 atom stereocenters. The Bertz CT molecular complexity index is 928. The van der Waals surface area contributed by atoms with Gasteiger partial charge in [-0.15, -0.1) is 0 Å². The van der Waals surface area contributed by atoms with E-state index in [0.29, 0.717) is 29.6 Å². The zero-order chi connectivity index (χ0) is 18.6. The second kappa shape index (κ2) is 7.88. The van der Waals surface area contributed by atoms with E-state index in [9.17, 15) is 4.79 Å². The lowest BCUT2D eigenvalue weighted by Crippen LogP contribution is -2.39. The van der Waals surface area contributed by atoms with Crippen LogP contribution in [0.5, 0.6) is 0 Å². The predicted octanol–water partition coefficient (Wildman–Crippen LogP) is 3.73. The highest BCUT2D eigenvalue weighted by atomic mass is 35.5. The molecule has 6 nitrogen and oxygen atoms in total. The van der Waals surface area contributed by atoms with Gasteiger partial charge in [0.15, 0.2) is 5.89 Å². The Labute approximate surface area is 162 Å². The van der Waals surface area contributed by atoms with Gasteiger partial charge in [-0.3, -0.25) is 4.79 Å². The summed E-state index contributed by atoms with van der Waals surface area (Å²) < 4.78 is 5.98. The molecule has 0 saturated carbocycles. The minimum absolute atomic E-state index is 0.0761. The Kier molecular flexibility index (Phi) is 5.16. The summed E-state index contributed by atoms with van der Waals surface area (Å²) in [6.45, 7) is 1.30. The van der Waals surface area contributed by atoms with Crippen molar-refractivity contribution in [2.75, 3.05) is 13.1 Å². The number of likely N-dealkylation sites (tertiary alicyclic amines) is 1. The molecule has 2 aromatic heterocycles. The molecule has 0 aliphatic carbocycles. The Morgan fingerprint density at radius 3 is 3.04 bits per heavy atom. The molecule has 1 saturated heterocycles. The molecular weight excluding hydrogens is 364 g/mol. The van der Waals surface area contributed by atoms with Gasteiger partial charge in [0.1, 0.15) is 17.8 Å². The third-order valence-corrected chi connectivity index (χ3v) is 4.93. The number of amides is 1. The van der Waals surface area contributed by atoms with Crippen molar-refractivity contribution in [3.8, 4) is 0 Å². The minimum Gasteiger partial charge on any atom is -0.445 e. The van der Waals surface area contributed by atoms with Crippen LogP contribution < -0.4 is 0 Å². The van der Waals surface area contributed by atoms with Gasteiger partial charge < -0.3 is 9.32 Å². The smallest absolute Gasteiger partial charge is 0.272 e. The molecule has 1 fully saturated rings. The minimum atomic E-state index is -0.0761. The molecule has 1 aromatic carbocycles. The average Bonchev–Trinajstić information content (AvgIpc) is 3.17. The lowest BCUT2D eigenvalue weighted by molar-refractivity contribution is 0.0691. The fourth-order valence-electron chi connectivity index (χ4n) is 3.38. The molecular formula is C20H19ClN4O2. The lowest BCUT2D eigenvalue weighted by Gasteiger charge is -2.31. The van der Waals surface area contributed by atoms with Crippen LogP contribution in [0.1, 0.15) is 46.5 Å². The second-order valence-electron chi connectivity index (χ2n) is 6.66. The summed E-state index contributed by atoms with van der Waals surface area (Å²) in [5.74, 6) is 1.50. The van der Waals surface area contributed by atoms with Crippen molar-refractivity contribution in [2.45, 2.75) is 25.2 Å². The number of rotatable bonds is 4. The van der Waals surface area contributed by atoms with E-state index in [-0.39, 0.29) is 11.8 Å². The van der Waals surface area contributed by atoms with E-state index >= 15 is 0 Å². The number of carbonyl (C=O) groups is 1. The number of hydrogen-bond acceptors (Lipinski definition) is 5. The van der Waals surface area contributed by atoms with Crippen LogP contribution in [-0.4, -0.2) is 38.8 Å². The van der Waals surface area contributed by atoms with Gasteiger partial charge in [-0.05, 0) is 36.6 Å². The fourth-order valence-corrected chi connectivity index (χ4v) is 3.60. The Balaban J connectivity index is 1.44. The molecule has 138 valence electrons. The van der Waals surface area contributed by atoms with Crippen molar-refractivity contribution in [1.29, 1.82) is 0 Å². The van der Waals surface area contributed by atoms with E-state index in [1.165, 1.54) is 6.33 Å². The molecule has 7 heteroatoms. The standard InChI is InChI=1S/C20H19ClN4O2/c21-16-5-1-3-14(9-16)10-17-11-23-19(27-17)15-4-2-8-25(12-15)20(26)18-6-7-22-13-24-18/h1,3,5-7,9,11,13,15H,2,4,8,10,12H2/t15-/m1/s1. The molecule has 4 rings (SSSR count). The molecule has 0 unspecified atom stereocenters. The van der Waals surface area contributed by atoms with Gasteiger partial charge >= 0.3 is 0 Å². The van der Waals surface area contributed by atoms with Crippen molar-refractivity contribution in [2.24, 2.45) is 0 Å². The topological polar surface area (TPSA) is 72.1 Å². The van der Waals surface area contributed by atoms with Crippen LogP contribution in [0.4, 0.5) is 0 Å². The molecule has 3 aromatic rings. The highest BCUT2D eigenvalue weighted by Gasteiger charge is 2.28. The molecule has 1 aliphatic rings. The first kappa shape index (κ1) is 17.7. The summed E-state index contributed by atoms with van der Waals surface area (Å²) in [4.78, 5) is 26.8. The first-order chi connectivity index (χ1) is 13.2. The van der Waals surface area contributed by atoms with Crippen LogP contribution in [0.3, 0.4) is 0 Å². The maximum atomic E-state index is 12.6. The van der Waals surface area contributed by atoms with Gasteiger partial charge in [0, 0.05) is 30.7 Å². The zero-order valence-corrected chi connectivity index (χ0v) is 15.5. The van der Waals surface area contributed by atoms with Gasteiger partial charge in [0.25, 0.3) is 5.91 Å². The van der Waals surface area contributed by atoms with Gasteiger partial charge in [0.2, 0.25) is 0 Å². The Hall–Kier alpha value is -2.73. The summed E-state index contributed by atoms with van der Waals surface area (Å²) in [5, 5.41) is 0.707. The fraction of sp³-hybridized carbons (Fsp3) is 0.300. The second-order valence-corrected chi connectivity index (χ2v) is 7.09. The molecule has 1 aliphatic heterocycles. The first-order valence-corrected chi connectivity index (χ1v) is 9.31. The number of nitrogens with zero attached hydrogens (tertiary/aromatic N) is 4. The van der Waals surface area contributed by atoms with Crippen molar-refractivity contribution in [3.05, 3.63) is 77.0 Å². The summed E-state index contributed by atoms with van der Waals surface area (Å²) in [5.41, 5.74) is 1.49. The summed E-state index contributed by atoms with van der Waals surface area (Å²) in [7, 11) is 0. The van der Waals surface area contributed by atoms with Crippen LogP contribution in [0, 0.1) is 0 Å². The van der Waals surface area contributed by atoms with E-state index in [1.807, 2.05) is 29.2 Å². The number of oxazole rings is 1. The Morgan fingerprint density at radius 2 is 2.22 bits per heavy atom. The maximum absolute atomic E-state index is 12.6. The average molecular weight is 383 g/mol. The largest absolute Gasteiger partial charge is 0.445 e. The van der Waals surface area contributed by atoms with Crippen LogP contribution >= 0.6 is 11.6 Å². The summed E-state index contributed by atoms with van der Waals surface area (Å²) in [6.07, 6.45) is 7.24. The number of hydrogen-bond donors (Lipinski definition) is 0. The van der Waals surface area contributed by atoms with E-state index in [4.69, 9.17) is 16.0 Å². The van der Waals surface area contributed by atoms with Gasteiger partial charge in [-0.25, -0.2) is 15.0 Å². The number of carbonyl (C=O) groups excluding carboxylic acids is 1. The molecule has 0 N–H and O–H groups in total. The molecule has 0 bridgehead atoms. The van der Waals surface area contributed by atoms with Crippen LogP contribution in [0.15, 0.2) is 53.5 Å². The molecule has 27 heavy (non-hydrogen) atoms. The van der Waals surface area contributed by atoms with Gasteiger partial charge in [-0.1, -0.05) is 23.7 Å². The van der Waals surface area contributed by atoms with Crippen molar-refractivity contribution < 1.29 is 9.21 Å². The third-order valence-electron chi connectivity index (χ3n) is 4.70. The number of piperidine rings is 1. The third kappa shape index (κ3) is 4.17. The van der Waals surface area contributed by atoms with Gasteiger partial charge in [0.05, 0.1) is 12.1 Å². The van der Waals surface area contributed by atoms with E-state index < -0.39 is 0 Å². The zero-order valence-electron chi connectivity index (χ0n) is 14.7. The highest BCUT2D eigenvalue weighted by Crippen LogP contribution is 2.28. The Morgan fingerprint density at radius 1 is 1.30 bits per heavy atom. The lowest BCUT2D eigenvalue weighted by atomic mass is 9.97. The van der Waals surface area contributed by atoms with E-state index in [0.717, 1.165) is 30.7 Å². The SMILES string of the molecule is O=C(c1ccncn1)N1CCC[C@@H](c2ncc(Cc3cccc(Cl)c3)o2)C1. The highest BCUT2D eigenvalue weighted by molar-refractivity contribution is 6.30. The summed E-state index contributed by atoms with van der Waals surface area (Å²) in [6, 6.07) is 9.35. The predicted molar refractivity (Wildman–Crippen MR) is 101 cm³/mol. The molecule has 0 radical (unpaired) electrons. The van der Waals surface area contributed by atoms with Crippen molar-refractivity contribution in [3.63, 3.8) is 0 Å². The van der Waals surface area contributed by atoms with Crippen molar-refractivity contribution in [1.82, 2.24) is 19.9 Å². The molecule has 0 spiro atoms. The maximum Gasteiger partial charge on any atom is 0.272 e. The van der Waals surface area contributed by atoms with E-state index in [2.05, 4.69) is 15.0 Å². The van der Waals surface area contributed by atoms with Crippen LogP contribution in [-0.2, 0) is 6.42 Å². The van der Waals surface area contributed by atoms with E-state index in [1.54, 1.807) is 18.5 Å². The first-order valence-electron chi connectivity index (χ1n) is 8.93. The number of halogens is 1. The van der Waals surface area contributed by atoms with Crippen LogP contribution in [0.25, 0.3) is 0 Å². The van der Waals surface area contributed by atoms with Crippen LogP contribution in [0.2, 0.25) is 5.02 Å². The van der Waals surface area contributed by atoms with Gasteiger partial charge in [-0.2, -0.15) is 0 Å².